The van der Waals surface area contributed by atoms with Crippen molar-refractivity contribution in [2.75, 3.05) is 27.2 Å². The predicted molar refractivity (Wildman–Crippen MR) is 148 cm³/mol. The summed E-state index contributed by atoms with van der Waals surface area (Å²) in [6, 6.07) is 0. The largest absolute Gasteiger partial charge is 0.503 e. The maximum Gasteiger partial charge on any atom is 0.503 e. The molecule has 0 amide bonds. The van der Waals surface area contributed by atoms with Gasteiger partial charge < -0.3 is 13.3 Å². The van der Waals surface area contributed by atoms with E-state index in [4.69, 9.17) is 24.9 Å². The van der Waals surface area contributed by atoms with Crippen LogP contribution >= 0.6 is 11.6 Å². The molecule has 0 aliphatic rings. The van der Waals surface area contributed by atoms with Crippen molar-refractivity contribution in [1.82, 2.24) is 0 Å². The van der Waals surface area contributed by atoms with E-state index in [2.05, 4.69) is 13.8 Å². The monoisotopic (exact) mass is 506 g/mol. The Hall–Kier alpha value is 0.387. The van der Waals surface area contributed by atoms with Crippen molar-refractivity contribution in [1.29, 1.82) is 0 Å². The third kappa shape index (κ3) is 15.9. The summed E-state index contributed by atoms with van der Waals surface area (Å²) in [5, 5.41) is 0. The predicted octanol–water partition coefficient (Wildman–Crippen LogP) is 9.93. The van der Waals surface area contributed by atoms with E-state index in [0.29, 0.717) is 17.3 Å². The standard InChI is InChI=1S/C28H59ClO3Si/c1-6-8-9-10-11-12-13-14-15-16-17-18-19-20-21-22-23-24-27(25-26-29)28(7-2)33(30-3,31-4)32-5/h27-28H,6-26H2,1-5H3. The van der Waals surface area contributed by atoms with Crippen molar-refractivity contribution < 1.29 is 13.3 Å². The summed E-state index contributed by atoms with van der Waals surface area (Å²) >= 11 is 6.15. The van der Waals surface area contributed by atoms with Gasteiger partial charge in [0.1, 0.15) is 0 Å². The fourth-order valence-corrected chi connectivity index (χ4v) is 8.49. The normalized spacial score (nSPS) is 14.0. The smallest absolute Gasteiger partial charge is 0.377 e. The van der Waals surface area contributed by atoms with Crippen molar-refractivity contribution in [3.05, 3.63) is 0 Å². The zero-order chi connectivity index (χ0) is 24.6. The van der Waals surface area contributed by atoms with E-state index in [0.717, 1.165) is 12.8 Å². The summed E-state index contributed by atoms with van der Waals surface area (Å²) in [5.74, 6) is 1.22. The third-order valence-corrected chi connectivity index (χ3v) is 11.2. The van der Waals surface area contributed by atoms with Gasteiger partial charge in [-0.15, -0.1) is 11.6 Å². The number of unbranched alkanes of at least 4 members (excludes halogenated alkanes) is 16. The van der Waals surface area contributed by atoms with Crippen LogP contribution in [0.1, 0.15) is 142 Å². The molecule has 0 bridgehead atoms. The minimum atomic E-state index is -2.62. The van der Waals surface area contributed by atoms with Gasteiger partial charge in [-0.1, -0.05) is 129 Å². The quantitative estimate of drug-likeness (QED) is 0.0663. The van der Waals surface area contributed by atoms with Crippen molar-refractivity contribution in [2.45, 2.75) is 148 Å². The first-order valence-electron chi connectivity index (χ1n) is 14.4. The molecule has 0 aromatic heterocycles. The first-order valence-corrected chi connectivity index (χ1v) is 16.7. The molecular weight excluding hydrogens is 448 g/mol. The summed E-state index contributed by atoms with van der Waals surface area (Å²) in [6.07, 6.45) is 27.3. The van der Waals surface area contributed by atoms with Crippen LogP contribution in [0.25, 0.3) is 0 Å². The van der Waals surface area contributed by atoms with Gasteiger partial charge in [-0.2, -0.15) is 0 Å². The van der Waals surface area contributed by atoms with Gasteiger partial charge in [-0.05, 0) is 18.8 Å². The zero-order valence-corrected chi connectivity index (χ0v) is 24.9. The molecule has 0 rings (SSSR count). The highest BCUT2D eigenvalue weighted by Crippen LogP contribution is 2.39. The molecule has 2 unspecified atom stereocenters. The van der Waals surface area contributed by atoms with Gasteiger partial charge in [0.2, 0.25) is 0 Å². The van der Waals surface area contributed by atoms with Crippen molar-refractivity contribution in [2.24, 2.45) is 5.92 Å². The Labute approximate surface area is 214 Å². The van der Waals surface area contributed by atoms with Gasteiger partial charge in [-0.25, -0.2) is 0 Å². The molecule has 0 saturated heterocycles. The summed E-state index contributed by atoms with van der Waals surface area (Å²) in [6.45, 7) is 4.51. The van der Waals surface area contributed by atoms with Crippen molar-refractivity contribution in [3.63, 3.8) is 0 Å². The lowest BCUT2D eigenvalue weighted by Crippen LogP contribution is -2.50. The molecule has 0 saturated carbocycles. The van der Waals surface area contributed by atoms with Crippen LogP contribution in [0.3, 0.4) is 0 Å². The molecule has 0 radical (unpaired) electrons. The Morgan fingerprint density at radius 2 is 0.909 bits per heavy atom. The molecule has 33 heavy (non-hydrogen) atoms. The summed E-state index contributed by atoms with van der Waals surface area (Å²) in [5.41, 5.74) is 0.331. The third-order valence-electron chi connectivity index (χ3n) is 7.47. The highest BCUT2D eigenvalue weighted by atomic mass is 35.5. The van der Waals surface area contributed by atoms with Crippen LogP contribution in [-0.2, 0) is 13.3 Å². The molecule has 2 atom stereocenters. The van der Waals surface area contributed by atoms with Gasteiger partial charge in [0.05, 0.1) is 0 Å². The summed E-state index contributed by atoms with van der Waals surface area (Å²) in [7, 11) is 2.58. The molecule has 5 heteroatoms. The molecule has 0 N–H and O–H groups in total. The minimum Gasteiger partial charge on any atom is -0.377 e. The molecule has 0 aliphatic carbocycles. The Balaban J connectivity index is 3.78. The molecule has 0 aromatic carbocycles. The lowest BCUT2D eigenvalue weighted by Gasteiger charge is -2.37. The second kappa shape index (κ2) is 24.1. The topological polar surface area (TPSA) is 27.7 Å². The van der Waals surface area contributed by atoms with E-state index >= 15 is 0 Å². The van der Waals surface area contributed by atoms with Gasteiger partial charge in [0.15, 0.2) is 0 Å². The molecule has 0 spiro atoms. The van der Waals surface area contributed by atoms with Crippen LogP contribution in [0.2, 0.25) is 5.54 Å². The second-order valence-corrected chi connectivity index (χ2v) is 13.5. The van der Waals surface area contributed by atoms with E-state index in [-0.39, 0.29) is 0 Å². The number of hydrogen-bond donors (Lipinski definition) is 0. The van der Waals surface area contributed by atoms with E-state index in [1.807, 2.05) is 0 Å². The zero-order valence-electron chi connectivity index (χ0n) is 23.1. The van der Waals surface area contributed by atoms with Gasteiger partial charge in [0, 0.05) is 32.8 Å². The van der Waals surface area contributed by atoms with E-state index < -0.39 is 8.80 Å². The Morgan fingerprint density at radius 1 is 0.545 bits per heavy atom. The van der Waals surface area contributed by atoms with Crippen molar-refractivity contribution >= 4 is 20.4 Å². The molecular formula is C28H59ClO3Si. The number of hydrogen-bond acceptors (Lipinski definition) is 3. The maximum atomic E-state index is 6.15. The first-order chi connectivity index (χ1) is 16.2. The van der Waals surface area contributed by atoms with Crippen LogP contribution in [0.15, 0.2) is 0 Å². The lowest BCUT2D eigenvalue weighted by atomic mass is 9.93. The molecule has 0 aliphatic heterocycles. The lowest BCUT2D eigenvalue weighted by molar-refractivity contribution is 0.0979. The molecule has 0 heterocycles. The van der Waals surface area contributed by atoms with Gasteiger partial charge in [0.25, 0.3) is 0 Å². The Morgan fingerprint density at radius 3 is 1.21 bits per heavy atom. The summed E-state index contributed by atoms with van der Waals surface area (Å²) < 4.78 is 17.4. The SMILES string of the molecule is CCCCCCCCCCCCCCCCCCCC(CCCl)C(CC)[Si](OC)(OC)OC. The maximum absolute atomic E-state index is 6.15. The van der Waals surface area contributed by atoms with Crippen LogP contribution in [-0.4, -0.2) is 36.0 Å². The van der Waals surface area contributed by atoms with Crippen LogP contribution < -0.4 is 0 Å². The van der Waals surface area contributed by atoms with Gasteiger partial charge >= 0.3 is 8.80 Å². The average Bonchev–Trinajstić information content (AvgIpc) is 2.84. The first kappa shape index (κ1) is 33.4. The highest BCUT2D eigenvalue weighted by Gasteiger charge is 2.49. The Kier molecular flexibility index (Phi) is 24.4. The van der Waals surface area contributed by atoms with E-state index in [9.17, 15) is 0 Å². The van der Waals surface area contributed by atoms with Crippen LogP contribution in [0.4, 0.5) is 0 Å². The van der Waals surface area contributed by atoms with Gasteiger partial charge in [-0.3, -0.25) is 0 Å². The molecule has 200 valence electrons. The number of halogens is 1. The summed E-state index contributed by atoms with van der Waals surface area (Å²) in [4.78, 5) is 0. The Bertz CT molecular complexity index is 385. The minimum absolute atomic E-state index is 0.331. The fourth-order valence-electron chi connectivity index (χ4n) is 5.39. The molecule has 3 nitrogen and oxygen atoms in total. The number of alkyl halides is 1. The van der Waals surface area contributed by atoms with Crippen LogP contribution in [0.5, 0.6) is 0 Å². The molecule has 0 fully saturated rings. The fraction of sp³-hybridized carbons (Fsp3) is 1.00. The molecule has 0 aromatic rings. The van der Waals surface area contributed by atoms with Crippen molar-refractivity contribution in [3.8, 4) is 0 Å². The van der Waals surface area contributed by atoms with E-state index in [1.54, 1.807) is 21.3 Å². The highest BCUT2D eigenvalue weighted by molar-refractivity contribution is 6.62. The van der Waals surface area contributed by atoms with Crippen LogP contribution in [0, 0.1) is 5.92 Å². The number of rotatable bonds is 26. The van der Waals surface area contributed by atoms with E-state index in [1.165, 1.54) is 116 Å². The average molecular weight is 507 g/mol. The second-order valence-electron chi connectivity index (χ2n) is 9.91.